The zero-order chi connectivity index (χ0) is 11.6. The Bertz CT molecular complexity index is 233. The molecule has 0 bridgehead atoms. The van der Waals surface area contributed by atoms with Crippen molar-refractivity contribution in [3.8, 4) is 0 Å². The van der Waals surface area contributed by atoms with E-state index < -0.39 is 0 Å². The predicted octanol–water partition coefficient (Wildman–Crippen LogP) is 2.27. The molecule has 1 N–H and O–H groups in total. The fraction of sp³-hybridized carbons (Fsp3) is 0.857. The minimum Gasteiger partial charge on any atom is -0.317 e. The summed E-state index contributed by atoms with van der Waals surface area (Å²) in [6.45, 7) is 13.7. The Morgan fingerprint density at radius 3 is 2.25 bits per heavy atom. The third-order valence-corrected chi connectivity index (χ3v) is 4.35. The van der Waals surface area contributed by atoms with Crippen molar-refractivity contribution in [1.82, 2.24) is 10.2 Å². The van der Waals surface area contributed by atoms with E-state index in [-0.39, 0.29) is 5.54 Å². The molecule has 2 nitrogen and oxygen atoms in total. The molecule has 0 aromatic rings. The molecule has 0 radical (unpaired) electrons. The molecule has 92 valence electrons. The van der Waals surface area contributed by atoms with Gasteiger partial charge in [0.1, 0.15) is 0 Å². The Morgan fingerprint density at radius 1 is 1.19 bits per heavy atom. The monoisotopic (exact) mass is 222 g/mol. The van der Waals surface area contributed by atoms with Gasteiger partial charge < -0.3 is 5.32 Å². The summed E-state index contributed by atoms with van der Waals surface area (Å²) >= 11 is 0. The first kappa shape index (κ1) is 12.1. The van der Waals surface area contributed by atoms with Crippen molar-refractivity contribution in [3.05, 3.63) is 12.7 Å². The normalized spacial score (nSPS) is 35.9. The smallest absolute Gasteiger partial charge is 0.0413 e. The SMILES string of the molecule is C=CC1(N2C[C@H](C)C[C@H](C)C2)CCNCC1. The van der Waals surface area contributed by atoms with Gasteiger partial charge in [0.25, 0.3) is 0 Å². The van der Waals surface area contributed by atoms with Crippen molar-refractivity contribution in [2.24, 2.45) is 11.8 Å². The third kappa shape index (κ3) is 2.33. The highest BCUT2D eigenvalue weighted by Gasteiger charge is 2.38. The summed E-state index contributed by atoms with van der Waals surface area (Å²) < 4.78 is 0. The van der Waals surface area contributed by atoms with Gasteiger partial charge in [-0.15, -0.1) is 6.58 Å². The average Bonchev–Trinajstić information content (AvgIpc) is 2.28. The molecule has 0 spiro atoms. The van der Waals surface area contributed by atoms with Crippen molar-refractivity contribution in [1.29, 1.82) is 0 Å². The average molecular weight is 222 g/mol. The van der Waals surface area contributed by atoms with Crippen molar-refractivity contribution < 1.29 is 0 Å². The van der Waals surface area contributed by atoms with Gasteiger partial charge in [-0.25, -0.2) is 0 Å². The maximum Gasteiger partial charge on any atom is 0.0413 e. The van der Waals surface area contributed by atoms with E-state index in [0.717, 1.165) is 24.9 Å². The van der Waals surface area contributed by atoms with E-state index in [1.165, 1.54) is 32.4 Å². The molecule has 2 saturated heterocycles. The highest BCUT2D eigenvalue weighted by Crippen LogP contribution is 2.33. The van der Waals surface area contributed by atoms with Gasteiger partial charge in [0.15, 0.2) is 0 Å². The van der Waals surface area contributed by atoms with Crippen LogP contribution in [0.5, 0.6) is 0 Å². The third-order valence-electron chi connectivity index (χ3n) is 4.35. The van der Waals surface area contributed by atoms with E-state index in [1.807, 2.05) is 0 Å². The van der Waals surface area contributed by atoms with Gasteiger partial charge in [-0.05, 0) is 44.2 Å². The van der Waals surface area contributed by atoms with Crippen LogP contribution in [-0.2, 0) is 0 Å². The van der Waals surface area contributed by atoms with E-state index in [1.54, 1.807) is 0 Å². The molecule has 0 unspecified atom stereocenters. The van der Waals surface area contributed by atoms with Crippen LogP contribution in [0.3, 0.4) is 0 Å². The number of piperidine rings is 2. The first-order valence-corrected chi connectivity index (χ1v) is 6.75. The summed E-state index contributed by atoms with van der Waals surface area (Å²) in [5.74, 6) is 1.69. The zero-order valence-corrected chi connectivity index (χ0v) is 10.8. The number of nitrogens with one attached hydrogen (secondary N) is 1. The summed E-state index contributed by atoms with van der Waals surface area (Å²) in [7, 11) is 0. The van der Waals surface area contributed by atoms with E-state index in [2.05, 4.69) is 36.7 Å². The highest BCUT2D eigenvalue weighted by atomic mass is 15.2. The van der Waals surface area contributed by atoms with Crippen LogP contribution in [0, 0.1) is 11.8 Å². The second kappa shape index (κ2) is 4.89. The molecule has 0 saturated carbocycles. The minimum atomic E-state index is 0.286. The number of likely N-dealkylation sites (tertiary alicyclic amines) is 1. The standard InChI is InChI=1S/C14H26N2/c1-4-14(5-7-15-8-6-14)16-10-12(2)9-13(3)11-16/h4,12-13,15H,1,5-11H2,2-3H3/t12-,13+. The van der Waals surface area contributed by atoms with Crippen LogP contribution in [0.4, 0.5) is 0 Å². The number of hydrogen-bond donors (Lipinski definition) is 1. The van der Waals surface area contributed by atoms with Crippen LogP contribution in [0.2, 0.25) is 0 Å². The molecular weight excluding hydrogens is 196 g/mol. The van der Waals surface area contributed by atoms with Gasteiger partial charge >= 0.3 is 0 Å². The molecule has 0 amide bonds. The number of nitrogens with zero attached hydrogens (tertiary/aromatic N) is 1. The molecule has 0 aliphatic carbocycles. The lowest BCUT2D eigenvalue weighted by atomic mass is 9.81. The number of hydrogen-bond acceptors (Lipinski definition) is 2. The van der Waals surface area contributed by atoms with E-state index in [9.17, 15) is 0 Å². The van der Waals surface area contributed by atoms with Gasteiger partial charge in [-0.2, -0.15) is 0 Å². The maximum absolute atomic E-state index is 4.11. The summed E-state index contributed by atoms with van der Waals surface area (Å²) in [6.07, 6.45) is 6.08. The number of rotatable bonds is 2. The first-order chi connectivity index (χ1) is 7.66. The van der Waals surface area contributed by atoms with Crippen LogP contribution in [0.25, 0.3) is 0 Å². The van der Waals surface area contributed by atoms with Crippen molar-refractivity contribution in [2.75, 3.05) is 26.2 Å². The molecule has 2 aliphatic heterocycles. The second-order valence-electron chi connectivity index (χ2n) is 5.91. The van der Waals surface area contributed by atoms with Crippen molar-refractivity contribution >= 4 is 0 Å². The molecule has 16 heavy (non-hydrogen) atoms. The Labute approximate surface area is 100 Å². The quantitative estimate of drug-likeness (QED) is 0.721. The van der Waals surface area contributed by atoms with Gasteiger partial charge in [0.2, 0.25) is 0 Å². The Morgan fingerprint density at radius 2 is 1.75 bits per heavy atom. The Balaban J connectivity index is 2.10. The van der Waals surface area contributed by atoms with Gasteiger partial charge in [-0.3, -0.25) is 4.90 Å². The molecule has 2 rings (SSSR count). The molecule has 2 atom stereocenters. The lowest BCUT2D eigenvalue weighted by molar-refractivity contribution is 0.0344. The fourth-order valence-corrected chi connectivity index (χ4v) is 3.54. The molecular formula is C14H26N2. The van der Waals surface area contributed by atoms with Gasteiger partial charge in [0.05, 0.1) is 0 Å². The van der Waals surface area contributed by atoms with E-state index in [4.69, 9.17) is 0 Å². The Kier molecular flexibility index (Phi) is 3.70. The lowest BCUT2D eigenvalue weighted by Gasteiger charge is -2.49. The molecule has 0 aromatic carbocycles. The molecule has 2 heteroatoms. The fourth-order valence-electron chi connectivity index (χ4n) is 3.54. The summed E-state index contributed by atoms with van der Waals surface area (Å²) in [4.78, 5) is 2.71. The topological polar surface area (TPSA) is 15.3 Å². The zero-order valence-electron chi connectivity index (χ0n) is 10.8. The highest BCUT2D eigenvalue weighted by molar-refractivity contribution is 5.08. The molecule has 2 fully saturated rings. The summed E-state index contributed by atoms with van der Waals surface area (Å²) in [6, 6.07) is 0. The second-order valence-corrected chi connectivity index (χ2v) is 5.91. The summed E-state index contributed by atoms with van der Waals surface area (Å²) in [5.41, 5.74) is 0.286. The van der Waals surface area contributed by atoms with Crippen LogP contribution >= 0.6 is 0 Å². The lowest BCUT2D eigenvalue weighted by Crippen LogP contribution is -2.57. The molecule has 2 heterocycles. The summed E-state index contributed by atoms with van der Waals surface area (Å²) in [5, 5.41) is 3.46. The van der Waals surface area contributed by atoms with Gasteiger partial charge in [0, 0.05) is 18.6 Å². The van der Waals surface area contributed by atoms with Crippen LogP contribution in [-0.4, -0.2) is 36.6 Å². The van der Waals surface area contributed by atoms with Crippen LogP contribution < -0.4 is 5.32 Å². The van der Waals surface area contributed by atoms with E-state index >= 15 is 0 Å². The van der Waals surface area contributed by atoms with Crippen molar-refractivity contribution in [2.45, 2.75) is 38.6 Å². The molecule has 0 aromatic heterocycles. The minimum absolute atomic E-state index is 0.286. The van der Waals surface area contributed by atoms with Crippen LogP contribution in [0.1, 0.15) is 33.1 Å². The van der Waals surface area contributed by atoms with Crippen molar-refractivity contribution in [3.63, 3.8) is 0 Å². The molecule has 2 aliphatic rings. The van der Waals surface area contributed by atoms with E-state index in [0.29, 0.717) is 0 Å². The van der Waals surface area contributed by atoms with Crippen LogP contribution in [0.15, 0.2) is 12.7 Å². The Hall–Kier alpha value is -0.340. The first-order valence-electron chi connectivity index (χ1n) is 6.75. The van der Waals surface area contributed by atoms with Gasteiger partial charge in [-0.1, -0.05) is 19.9 Å². The largest absolute Gasteiger partial charge is 0.317 e. The predicted molar refractivity (Wildman–Crippen MR) is 69.5 cm³/mol. The maximum atomic E-state index is 4.11.